The molecule has 2 aromatic rings. The standard InChI is InChI=1S/C16H17NO/c1-3-5-13-6-4-7-14(10-13)16(18)15-9-8-12(2)17-11-15/h4,6-11H,3,5H2,1-2H3. The Morgan fingerprint density at radius 1 is 1.17 bits per heavy atom. The molecular formula is C16H17NO. The largest absolute Gasteiger partial charge is 0.289 e. The van der Waals surface area contributed by atoms with Crippen LogP contribution in [0.2, 0.25) is 0 Å². The number of carbonyl (C=O) groups excluding carboxylic acids is 1. The van der Waals surface area contributed by atoms with Crippen molar-refractivity contribution >= 4 is 5.78 Å². The molecule has 2 heteroatoms. The van der Waals surface area contributed by atoms with Gasteiger partial charge in [0.2, 0.25) is 0 Å². The van der Waals surface area contributed by atoms with Gasteiger partial charge < -0.3 is 0 Å². The third-order valence-corrected chi connectivity index (χ3v) is 2.90. The van der Waals surface area contributed by atoms with Gasteiger partial charge in [0.25, 0.3) is 0 Å². The monoisotopic (exact) mass is 239 g/mol. The van der Waals surface area contributed by atoms with E-state index in [4.69, 9.17) is 0 Å². The van der Waals surface area contributed by atoms with Crippen LogP contribution in [0.3, 0.4) is 0 Å². The summed E-state index contributed by atoms with van der Waals surface area (Å²) in [6, 6.07) is 11.5. The molecule has 18 heavy (non-hydrogen) atoms. The maximum absolute atomic E-state index is 12.3. The van der Waals surface area contributed by atoms with Gasteiger partial charge in [0.1, 0.15) is 0 Å². The van der Waals surface area contributed by atoms with Gasteiger partial charge in [-0.15, -0.1) is 0 Å². The summed E-state index contributed by atoms with van der Waals surface area (Å²) >= 11 is 0. The van der Waals surface area contributed by atoms with Crippen molar-refractivity contribution < 1.29 is 4.79 Å². The summed E-state index contributed by atoms with van der Waals surface area (Å²) in [5, 5.41) is 0. The van der Waals surface area contributed by atoms with Gasteiger partial charge in [-0.25, -0.2) is 0 Å². The predicted octanol–water partition coefficient (Wildman–Crippen LogP) is 3.57. The highest BCUT2D eigenvalue weighted by Gasteiger charge is 2.09. The number of carbonyl (C=O) groups is 1. The fourth-order valence-electron chi connectivity index (χ4n) is 1.93. The third-order valence-electron chi connectivity index (χ3n) is 2.90. The smallest absolute Gasteiger partial charge is 0.194 e. The minimum absolute atomic E-state index is 0.0421. The summed E-state index contributed by atoms with van der Waals surface area (Å²) in [6.45, 7) is 4.05. The second-order valence-corrected chi connectivity index (χ2v) is 4.47. The van der Waals surface area contributed by atoms with Crippen LogP contribution in [0.5, 0.6) is 0 Å². The number of benzene rings is 1. The number of ketones is 1. The van der Waals surface area contributed by atoms with Gasteiger partial charge in [0, 0.05) is 23.0 Å². The van der Waals surface area contributed by atoms with Gasteiger partial charge in [-0.05, 0) is 37.1 Å². The Hall–Kier alpha value is -1.96. The van der Waals surface area contributed by atoms with Crippen LogP contribution in [0.15, 0.2) is 42.6 Å². The Labute approximate surface area is 108 Å². The van der Waals surface area contributed by atoms with Crippen molar-refractivity contribution in [1.29, 1.82) is 0 Å². The van der Waals surface area contributed by atoms with E-state index in [2.05, 4.69) is 18.0 Å². The average molecular weight is 239 g/mol. The lowest BCUT2D eigenvalue weighted by Gasteiger charge is -2.04. The van der Waals surface area contributed by atoms with Crippen molar-refractivity contribution in [2.24, 2.45) is 0 Å². The molecule has 0 amide bonds. The Balaban J connectivity index is 2.28. The third kappa shape index (κ3) is 2.83. The zero-order valence-electron chi connectivity index (χ0n) is 10.8. The minimum Gasteiger partial charge on any atom is -0.289 e. The van der Waals surface area contributed by atoms with Gasteiger partial charge in [-0.3, -0.25) is 9.78 Å². The maximum Gasteiger partial charge on any atom is 0.194 e. The summed E-state index contributed by atoms with van der Waals surface area (Å²) in [5.74, 6) is 0.0421. The number of hydrogen-bond donors (Lipinski definition) is 0. The summed E-state index contributed by atoms with van der Waals surface area (Å²) in [6.07, 6.45) is 3.74. The predicted molar refractivity (Wildman–Crippen MR) is 72.8 cm³/mol. The molecule has 0 saturated heterocycles. The average Bonchev–Trinajstić information content (AvgIpc) is 2.39. The van der Waals surface area contributed by atoms with E-state index in [9.17, 15) is 4.79 Å². The molecule has 92 valence electrons. The van der Waals surface area contributed by atoms with Gasteiger partial charge in [0.05, 0.1) is 0 Å². The van der Waals surface area contributed by atoms with Gasteiger partial charge >= 0.3 is 0 Å². The molecule has 0 saturated carbocycles. The SMILES string of the molecule is CCCc1cccc(C(=O)c2ccc(C)nc2)c1. The molecule has 2 nitrogen and oxygen atoms in total. The zero-order valence-corrected chi connectivity index (χ0v) is 10.8. The zero-order chi connectivity index (χ0) is 13.0. The number of nitrogens with zero attached hydrogens (tertiary/aromatic N) is 1. The Morgan fingerprint density at radius 3 is 2.67 bits per heavy atom. The topological polar surface area (TPSA) is 30.0 Å². The molecular weight excluding hydrogens is 222 g/mol. The Bertz CT molecular complexity index is 543. The Morgan fingerprint density at radius 2 is 2.00 bits per heavy atom. The van der Waals surface area contributed by atoms with E-state index in [-0.39, 0.29) is 5.78 Å². The first-order chi connectivity index (χ1) is 8.70. The summed E-state index contributed by atoms with van der Waals surface area (Å²) < 4.78 is 0. The minimum atomic E-state index is 0.0421. The molecule has 1 aromatic heterocycles. The normalized spacial score (nSPS) is 10.3. The van der Waals surface area contributed by atoms with Crippen molar-refractivity contribution in [2.45, 2.75) is 26.7 Å². The lowest BCUT2D eigenvalue weighted by molar-refractivity contribution is 0.103. The molecule has 0 radical (unpaired) electrons. The van der Waals surface area contributed by atoms with Crippen molar-refractivity contribution in [2.75, 3.05) is 0 Å². The number of aromatic nitrogens is 1. The van der Waals surface area contributed by atoms with E-state index >= 15 is 0 Å². The summed E-state index contributed by atoms with van der Waals surface area (Å²) in [5.41, 5.74) is 3.52. The van der Waals surface area contributed by atoms with E-state index < -0.39 is 0 Å². The quantitative estimate of drug-likeness (QED) is 0.763. The first-order valence-electron chi connectivity index (χ1n) is 6.27. The van der Waals surface area contributed by atoms with Gasteiger partial charge in [-0.2, -0.15) is 0 Å². The first-order valence-corrected chi connectivity index (χ1v) is 6.27. The molecule has 0 unspecified atom stereocenters. The van der Waals surface area contributed by atoms with Crippen molar-refractivity contribution in [3.8, 4) is 0 Å². The van der Waals surface area contributed by atoms with Crippen molar-refractivity contribution in [1.82, 2.24) is 4.98 Å². The van der Waals surface area contributed by atoms with E-state index in [0.29, 0.717) is 5.56 Å². The van der Waals surface area contributed by atoms with Crippen LogP contribution < -0.4 is 0 Å². The fraction of sp³-hybridized carbons (Fsp3) is 0.250. The number of hydrogen-bond acceptors (Lipinski definition) is 2. The van der Waals surface area contributed by atoms with Gasteiger partial charge in [0.15, 0.2) is 5.78 Å². The number of aryl methyl sites for hydroxylation is 2. The van der Waals surface area contributed by atoms with E-state index in [1.807, 2.05) is 37.3 Å². The summed E-state index contributed by atoms with van der Waals surface area (Å²) in [7, 11) is 0. The molecule has 0 spiro atoms. The molecule has 0 aliphatic rings. The number of pyridine rings is 1. The van der Waals surface area contributed by atoms with E-state index in [1.54, 1.807) is 6.20 Å². The highest BCUT2D eigenvalue weighted by Crippen LogP contribution is 2.12. The second kappa shape index (κ2) is 5.58. The fourth-order valence-corrected chi connectivity index (χ4v) is 1.93. The van der Waals surface area contributed by atoms with Crippen LogP contribution in [0.1, 0.15) is 40.5 Å². The van der Waals surface area contributed by atoms with E-state index in [0.717, 1.165) is 24.1 Å². The number of rotatable bonds is 4. The molecule has 0 atom stereocenters. The van der Waals surface area contributed by atoms with Crippen molar-refractivity contribution in [3.05, 3.63) is 65.0 Å². The summed E-state index contributed by atoms with van der Waals surface area (Å²) in [4.78, 5) is 16.4. The van der Waals surface area contributed by atoms with Crippen LogP contribution >= 0.6 is 0 Å². The molecule has 2 rings (SSSR count). The second-order valence-electron chi connectivity index (χ2n) is 4.47. The highest BCUT2D eigenvalue weighted by molar-refractivity contribution is 6.08. The molecule has 0 aliphatic carbocycles. The van der Waals surface area contributed by atoms with Crippen LogP contribution in [-0.2, 0) is 6.42 Å². The molecule has 1 aromatic carbocycles. The highest BCUT2D eigenvalue weighted by atomic mass is 16.1. The molecule has 0 N–H and O–H groups in total. The van der Waals surface area contributed by atoms with Crippen LogP contribution in [0.25, 0.3) is 0 Å². The lowest BCUT2D eigenvalue weighted by atomic mass is 10.0. The van der Waals surface area contributed by atoms with E-state index in [1.165, 1.54) is 5.56 Å². The molecule has 0 fully saturated rings. The van der Waals surface area contributed by atoms with Crippen LogP contribution in [0.4, 0.5) is 0 Å². The molecule has 0 aliphatic heterocycles. The first kappa shape index (κ1) is 12.5. The van der Waals surface area contributed by atoms with Gasteiger partial charge in [-0.1, -0.05) is 31.5 Å². The lowest BCUT2D eigenvalue weighted by Crippen LogP contribution is -2.02. The molecule has 1 heterocycles. The maximum atomic E-state index is 12.3. The van der Waals surface area contributed by atoms with Crippen LogP contribution in [-0.4, -0.2) is 10.8 Å². The van der Waals surface area contributed by atoms with Crippen molar-refractivity contribution in [3.63, 3.8) is 0 Å². The molecule has 0 bridgehead atoms. The Kier molecular flexibility index (Phi) is 3.88. The van der Waals surface area contributed by atoms with Crippen LogP contribution in [0, 0.1) is 6.92 Å².